The van der Waals surface area contributed by atoms with Crippen molar-refractivity contribution in [2.24, 2.45) is 0 Å². The smallest absolute Gasteiger partial charge is 0.135 e. The predicted molar refractivity (Wildman–Crippen MR) is 91.8 cm³/mol. The summed E-state index contributed by atoms with van der Waals surface area (Å²) in [5.41, 5.74) is 2.34. The highest BCUT2D eigenvalue weighted by Gasteiger charge is 2.12. The van der Waals surface area contributed by atoms with Crippen molar-refractivity contribution in [1.29, 1.82) is 0 Å². The number of benzene rings is 1. The van der Waals surface area contributed by atoms with Crippen LogP contribution in [0.25, 0.3) is 0 Å². The molecule has 0 bridgehead atoms. The van der Waals surface area contributed by atoms with E-state index in [9.17, 15) is 0 Å². The second kappa shape index (κ2) is 7.41. The van der Waals surface area contributed by atoms with Crippen LogP contribution in [0.5, 0.6) is 0 Å². The Morgan fingerprint density at radius 2 is 1.95 bits per heavy atom. The van der Waals surface area contributed by atoms with E-state index < -0.39 is 0 Å². The van der Waals surface area contributed by atoms with Crippen LogP contribution in [-0.2, 0) is 6.42 Å². The highest BCUT2D eigenvalue weighted by atomic mass is 79.9. The van der Waals surface area contributed by atoms with Crippen molar-refractivity contribution in [3.8, 4) is 0 Å². The van der Waals surface area contributed by atoms with Crippen LogP contribution in [-0.4, -0.2) is 16.5 Å². The molecule has 0 saturated heterocycles. The first-order chi connectivity index (χ1) is 10.2. The molecular formula is C16H21BrN4. The number of hydrogen-bond donors (Lipinski definition) is 2. The summed E-state index contributed by atoms with van der Waals surface area (Å²) in [7, 11) is 0. The number of anilines is 2. The predicted octanol–water partition coefficient (Wildman–Crippen LogP) is 4.41. The summed E-state index contributed by atoms with van der Waals surface area (Å²) in [6.45, 7) is 7.17. The third kappa shape index (κ3) is 3.94. The molecule has 0 spiro atoms. The molecule has 21 heavy (non-hydrogen) atoms. The molecule has 0 aliphatic carbocycles. The molecule has 0 saturated carbocycles. The Balaban J connectivity index is 2.24. The summed E-state index contributed by atoms with van der Waals surface area (Å²) >= 11 is 3.51. The maximum atomic E-state index is 4.41. The van der Waals surface area contributed by atoms with Gasteiger partial charge in [-0.2, -0.15) is 0 Å². The van der Waals surface area contributed by atoms with E-state index in [1.165, 1.54) is 5.56 Å². The van der Waals surface area contributed by atoms with Crippen molar-refractivity contribution < 1.29 is 0 Å². The van der Waals surface area contributed by atoms with Crippen LogP contribution in [0.4, 0.5) is 11.6 Å². The molecule has 4 nitrogen and oxygen atoms in total. The number of aromatic nitrogens is 2. The molecule has 1 aromatic heterocycles. The van der Waals surface area contributed by atoms with E-state index in [0.29, 0.717) is 0 Å². The molecule has 2 aromatic rings. The van der Waals surface area contributed by atoms with Crippen LogP contribution in [0, 0.1) is 0 Å². The zero-order valence-corrected chi connectivity index (χ0v) is 14.2. The van der Waals surface area contributed by atoms with Gasteiger partial charge in [0.15, 0.2) is 0 Å². The van der Waals surface area contributed by atoms with Gasteiger partial charge >= 0.3 is 0 Å². The maximum absolute atomic E-state index is 4.41. The molecule has 0 fully saturated rings. The standard InChI is InChI=1S/C16H21BrN4/c1-4-14-15(18-5-2)19-10-20-16(14)21-11(3)12-7-6-8-13(17)9-12/h6-11H,4-5H2,1-3H3,(H2,18,19,20,21). The summed E-state index contributed by atoms with van der Waals surface area (Å²) in [4.78, 5) is 8.73. The van der Waals surface area contributed by atoms with Gasteiger partial charge in [-0.1, -0.05) is 35.0 Å². The van der Waals surface area contributed by atoms with Gasteiger partial charge in [0.2, 0.25) is 0 Å². The van der Waals surface area contributed by atoms with E-state index in [-0.39, 0.29) is 6.04 Å². The first-order valence-corrected chi connectivity index (χ1v) is 8.04. The Labute approximate surface area is 134 Å². The molecule has 0 aliphatic heterocycles. The van der Waals surface area contributed by atoms with Gasteiger partial charge in [0.1, 0.15) is 18.0 Å². The summed E-state index contributed by atoms with van der Waals surface area (Å²) in [5, 5.41) is 6.78. The third-order valence-electron chi connectivity index (χ3n) is 3.35. The summed E-state index contributed by atoms with van der Waals surface area (Å²) in [6.07, 6.45) is 2.49. The Bertz CT molecular complexity index is 601. The normalized spacial score (nSPS) is 12.0. The molecule has 1 unspecified atom stereocenters. The topological polar surface area (TPSA) is 49.8 Å². The summed E-state index contributed by atoms with van der Waals surface area (Å²) in [6, 6.07) is 8.48. The van der Waals surface area contributed by atoms with E-state index in [2.05, 4.69) is 69.4 Å². The number of nitrogens with one attached hydrogen (secondary N) is 2. The minimum atomic E-state index is 0.178. The molecule has 5 heteroatoms. The fourth-order valence-corrected chi connectivity index (χ4v) is 2.67. The zero-order valence-electron chi connectivity index (χ0n) is 12.7. The van der Waals surface area contributed by atoms with E-state index in [4.69, 9.17) is 0 Å². The van der Waals surface area contributed by atoms with Crippen molar-refractivity contribution in [2.75, 3.05) is 17.2 Å². The quantitative estimate of drug-likeness (QED) is 0.811. The lowest BCUT2D eigenvalue weighted by Gasteiger charge is -2.19. The molecule has 0 amide bonds. The Kier molecular flexibility index (Phi) is 5.56. The zero-order chi connectivity index (χ0) is 15.2. The lowest BCUT2D eigenvalue weighted by Crippen LogP contribution is -2.12. The van der Waals surface area contributed by atoms with E-state index in [1.807, 2.05) is 12.1 Å². The molecule has 1 aromatic carbocycles. The van der Waals surface area contributed by atoms with Crippen molar-refractivity contribution in [1.82, 2.24) is 9.97 Å². The molecular weight excluding hydrogens is 328 g/mol. The van der Waals surface area contributed by atoms with Crippen molar-refractivity contribution in [3.05, 3.63) is 46.2 Å². The average molecular weight is 349 g/mol. The van der Waals surface area contributed by atoms with Crippen LogP contribution in [0.3, 0.4) is 0 Å². The van der Waals surface area contributed by atoms with E-state index >= 15 is 0 Å². The highest BCUT2D eigenvalue weighted by Crippen LogP contribution is 2.26. The molecule has 1 heterocycles. The fraction of sp³-hybridized carbons (Fsp3) is 0.375. The van der Waals surface area contributed by atoms with Gasteiger partial charge < -0.3 is 10.6 Å². The molecule has 0 radical (unpaired) electrons. The second-order valence-electron chi connectivity index (χ2n) is 4.85. The SMILES string of the molecule is CCNc1ncnc(NC(C)c2cccc(Br)c2)c1CC. The molecule has 2 rings (SSSR count). The van der Waals surface area contributed by atoms with Crippen LogP contribution >= 0.6 is 15.9 Å². The number of nitrogens with zero attached hydrogens (tertiary/aromatic N) is 2. The Morgan fingerprint density at radius 1 is 1.19 bits per heavy atom. The van der Waals surface area contributed by atoms with Gasteiger partial charge in [0.05, 0.1) is 0 Å². The molecule has 112 valence electrons. The van der Waals surface area contributed by atoms with Gasteiger partial charge in [-0.3, -0.25) is 0 Å². The van der Waals surface area contributed by atoms with Crippen LogP contribution in [0.15, 0.2) is 35.1 Å². The minimum absolute atomic E-state index is 0.178. The number of halogens is 1. The molecule has 1 atom stereocenters. The molecule has 0 aliphatic rings. The van der Waals surface area contributed by atoms with Crippen molar-refractivity contribution >= 4 is 27.6 Å². The van der Waals surface area contributed by atoms with Gasteiger partial charge in [-0.25, -0.2) is 9.97 Å². The summed E-state index contributed by atoms with van der Waals surface area (Å²) < 4.78 is 1.08. The van der Waals surface area contributed by atoms with E-state index in [1.54, 1.807) is 6.33 Å². The van der Waals surface area contributed by atoms with E-state index in [0.717, 1.165) is 34.6 Å². The third-order valence-corrected chi connectivity index (χ3v) is 3.84. The fourth-order valence-electron chi connectivity index (χ4n) is 2.26. The minimum Gasteiger partial charge on any atom is -0.370 e. The Hall–Kier alpha value is -1.62. The first kappa shape index (κ1) is 15.8. The Morgan fingerprint density at radius 3 is 2.62 bits per heavy atom. The molecule has 2 N–H and O–H groups in total. The van der Waals surface area contributed by atoms with Gasteiger partial charge in [-0.15, -0.1) is 0 Å². The largest absolute Gasteiger partial charge is 0.370 e. The average Bonchev–Trinajstić information content (AvgIpc) is 2.48. The monoisotopic (exact) mass is 348 g/mol. The van der Waals surface area contributed by atoms with Crippen LogP contribution in [0.2, 0.25) is 0 Å². The highest BCUT2D eigenvalue weighted by molar-refractivity contribution is 9.10. The van der Waals surface area contributed by atoms with Gasteiger partial charge in [0, 0.05) is 22.6 Å². The van der Waals surface area contributed by atoms with Crippen LogP contribution < -0.4 is 10.6 Å². The number of hydrogen-bond acceptors (Lipinski definition) is 4. The summed E-state index contributed by atoms with van der Waals surface area (Å²) in [5.74, 6) is 1.81. The maximum Gasteiger partial charge on any atom is 0.135 e. The lowest BCUT2D eigenvalue weighted by atomic mass is 10.1. The van der Waals surface area contributed by atoms with Crippen molar-refractivity contribution in [3.63, 3.8) is 0 Å². The van der Waals surface area contributed by atoms with Crippen LogP contribution in [0.1, 0.15) is 37.9 Å². The second-order valence-corrected chi connectivity index (χ2v) is 5.77. The first-order valence-electron chi connectivity index (χ1n) is 7.25. The van der Waals surface area contributed by atoms with Gasteiger partial charge in [0.25, 0.3) is 0 Å². The van der Waals surface area contributed by atoms with Crippen molar-refractivity contribution in [2.45, 2.75) is 33.2 Å². The lowest BCUT2D eigenvalue weighted by molar-refractivity contribution is 0.861. The number of rotatable bonds is 6. The van der Waals surface area contributed by atoms with Gasteiger partial charge in [-0.05, 0) is 38.0 Å².